The Labute approximate surface area is 169 Å². The highest BCUT2D eigenvalue weighted by Gasteiger charge is 2.13. The first kappa shape index (κ1) is 24.1. The molecule has 0 spiro atoms. The quantitative estimate of drug-likeness (QED) is 0.217. The Kier molecular flexibility index (Phi) is 13.8. The maximum absolute atomic E-state index is 11.8. The van der Waals surface area contributed by atoms with Crippen molar-refractivity contribution in [2.45, 2.75) is 96.8 Å². The van der Waals surface area contributed by atoms with Gasteiger partial charge in [-0.2, -0.15) is 0 Å². The molecule has 0 saturated heterocycles. The average Bonchev–Trinajstić information content (AvgIpc) is 3.02. The Morgan fingerprint density at radius 1 is 0.857 bits per heavy atom. The third kappa shape index (κ3) is 11.7. The second kappa shape index (κ2) is 16.0. The molecule has 0 fully saturated rings. The lowest BCUT2D eigenvalue weighted by molar-refractivity contribution is 0.0945. The lowest BCUT2D eigenvalue weighted by Gasteiger charge is -2.04. The van der Waals surface area contributed by atoms with Gasteiger partial charge in [0.25, 0.3) is 5.91 Å². The van der Waals surface area contributed by atoms with E-state index in [1.165, 1.54) is 77.0 Å². The lowest BCUT2D eigenvalue weighted by Crippen LogP contribution is -2.25. The molecule has 160 valence electrons. The van der Waals surface area contributed by atoms with Crippen LogP contribution in [0.4, 0.5) is 0 Å². The van der Waals surface area contributed by atoms with Crippen LogP contribution in [-0.2, 0) is 0 Å². The second-order valence-corrected chi connectivity index (χ2v) is 7.50. The highest BCUT2D eigenvalue weighted by atomic mass is 16.3. The summed E-state index contributed by atoms with van der Waals surface area (Å²) in [5.41, 5.74) is -0.686. The van der Waals surface area contributed by atoms with Crippen LogP contribution >= 0.6 is 0 Å². The van der Waals surface area contributed by atoms with Gasteiger partial charge in [0.05, 0.1) is 0 Å². The molecule has 6 nitrogen and oxygen atoms in total. The van der Waals surface area contributed by atoms with Crippen LogP contribution in [0, 0.1) is 0 Å². The van der Waals surface area contributed by atoms with E-state index in [0.717, 1.165) is 12.8 Å². The van der Waals surface area contributed by atoms with E-state index in [0.29, 0.717) is 6.54 Å². The minimum Gasteiger partial charge on any atom is -0.493 e. The first-order valence-electron chi connectivity index (χ1n) is 11.1. The number of H-pyrrole nitrogens is 2. The van der Waals surface area contributed by atoms with E-state index in [-0.39, 0.29) is 5.69 Å². The van der Waals surface area contributed by atoms with Gasteiger partial charge >= 0.3 is 5.69 Å². The smallest absolute Gasteiger partial charge is 0.326 e. The summed E-state index contributed by atoms with van der Waals surface area (Å²) in [6.45, 7) is 2.80. The van der Waals surface area contributed by atoms with E-state index in [1.807, 2.05) is 0 Å². The summed E-state index contributed by atoms with van der Waals surface area (Å²) in [6, 6.07) is 0. The van der Waals surface area contributed by atoms with Crippen molar-refractivity contribution in [2.24, 2.45) is 0 Å². The van der Waals surface area contributed by atoms with Crippen LogP contribution in [0.25, 0.3) is 0 Å². The topological polar surface area (TPSA) is 98.0 Å². The summed E-state index contributed by atoms with van der Waals surface area (Å²) in [7, 11) is 0. The number of rotatable bonds is 17. The van der Waals surface area contributed by atoms with Crippen LogP contribution in [0.5, 0.6) is 5.88 Å². The Morgan fingerprint density at radius 3 is 1.93 bits per heavy atom. The molecule has 1 aromatic heterocycles. The van der Waals surface area contributed by atoms with E-state index >= 15 is 0 Å². The Balaban J connectivity index is 1.85. The molecule has 1 amide bonds. The van der Waals surface area contributed by atoms with Gasteiger partial charge in [0, 0.05) is 6.54 Å². The molecule has 0 saturated carbocycles. The molecule has 0 bridgehead atoms. The second-order valence-electron chi connectivity index (χ2n) is 7.50. The van der Waals surface area contributed by atoms with E-state index < -0.39 is 17.5 Å². The van der Waals surface area contributed by atoms with Crippen molar-refractivity contribution in [3.05, 3.63) is 28.3 Å². The summed E-state index contributed by atoms with van der Waals surface area (Å²) in [5, 5.41) is 12.1. The molecule has 1 aromatic rings. The van der Waals surface area contributed by atoms with Gasteiger partial charge in [0.2, 0.25) is 5.88 Å². The van der Waals surface area contributed by atoms with Crippen LogP contribution < -0.4 is 11.0 Å². The Hall–Kier alpha value is -1.98. The number of hydrogen-bond acceptors (Lipinski definition) is 3. The first-order chi connectivity index (χ1) is 13.6. The van der Waals surface area contributed by atoms with E-state index in [2.05, 4.69) is 34.4 Å². The van der Waals surface area contributed by atoms with Crippen molar-refractivity contribution in [3.8, 4) is 5.88 Å². The summed E-state index contributed by atoms with van der Waals surface area (Å²) in [6.07, 6.45) is 22.2. The van der Waals surface area contributed by atoms with Gasteiger partial charge in [-0.15, -0.1) is 0 Å². The zero-order valence-corrected chi connectivity index (χ0v) is 17.5. The minimum absolute atomic E-state index is 0.102. The average molecular weight is 394 g/mol. The van der Waals surface area contributed by atoms with Crippen molar-refractivity contribution in [3.63, 3.8) is 0 Å². The molecule has 1 rings (SSSR count). The van der Waals surface area contributed by atoms with Crippen LogP contribution in [0.3, 0.4) is 0 Å². The monoisotopic (exact) mass is 393 g/mol. The molecular weight excluding hydrogens is 354 g/mol. The van der Waals surface area contributed by atoms with Gasteiger partial charge < -0.3 is 10.4 Å². The number of unbranched alkanes of at least 4 members (excludes halogenated alkanes) is 12. The number of imidazole rings is 1. The summed E-state index contributed by atoms with van der Waals surface area (Å²) < 4.78 is 0. The van der Waals surface area contributed by atoms with Gasteiger partial charge in [-0.1, -0.05) is 76.9 Å². The molecule has 28 heavy (non-hydrogen) atoms. The minimum atomic E-state index is -0.583. The number of carbonyl (C=O) groups excluding carboxylic acids is 1. The normalized spacial score (nSPS) is 11.3. The zero-order chi connectivity index (χ0) is 20.5. The van der Waals surface area contributed by atoms with Gasteiger partial charge in [-0.3, -0.25) is 14.8 Å². The van der Waals surface area contributed by atoms with Crippen LogP contribution in [0.2, 0.25) is 0 Å². The molecule has 0 aliphatic carbocycles. The Bertz CT molecular complexity index is 604. The molecule has 0 aliphatic heterocycles. The third-order valence-electron chi connectivity index (χ3n) is 4.91. The molecule has 0 atom stereocenters. The summed E-state index contributed by atoms with van der Waals surface area (Å²) >= 11 is 0. The van der Waals surface area contributed by atoms with Gasteiger partial charge in [0.1, 0.15) is 0 Å². The van der Waals surface area contributed by atoms with Crippen LogP contribution in [-0.4, -0.2) is 27.5 Å². The highest BCUT2D eigenvalue weighted by Crippen LogP contribution is 2.10. The van der Waals surface area contributed by atoms with Crippen molar-refractivity contribution in [2.75, 3.05) is 6.54 Å². The number of aromatic amines is 2. The lowest BCUT2D eigenvalue weighted by atomic mass is 10.1. The molecule has 4 N–H and O–H groups in total. The standard InChI is InChI=1S/C22H39N3O3/c1-2-3-4-5-6-7-8-9-10-11-12-13-14-15-16-17-18-23-20(26)19-21(27)25-22(28)24-19/h9-10,27H,2-8,11-18H2,1H3,(H,23,26)(H2,24,25,28). The van der Waals surface area contributed by atoms with Crippen molar-refractivity contribution in [1.29, 1.82) is 0 Å². The fourth-order valence-electron chi connectivity index (χ4n) is 3.20. The summed E-state index contributed by atoms with van der Waals surface area (Å²) in [4.78, 5) is 27.2. The van der Waals surface area contributed by atoms with Crippen molar-refractivity contribution < 1.29 is 9.90 Å². The number of nitrogens with one attached hydrogen (secondary N) is 3. The predicted molar refractivity (Wildman–Crippen MR) is 115 cm³/mol. The predicted octanol–water partition coefficient (Wildman–Crippen LogP) is 5.18. The largest absolute Gasteiger partial charge is 0.493 e. The molecular formula is C22H39N3O3. The maximum Gasteiger partial charge on any atom is 0.326 e. The van der Waals surface area contributed by atoms with Crippen LogP contribution in [0.15, 0.2) is 16.9 Å². The van der Waals surface area contributed by atoms with E-state index in [1.54, 1.807) is 0 Å². The molecule has 0 aliphatic rings. The third-order valence-corrected chi connectivity index (χ3v) is 4.91. The van der Waals surface area contributed by atoms with Gasteiger partial charge in [0.15, 0.2) is 5.69 Å². The molecule has 0 unspecified atom stereocenters. The fraction of sp³-hybridized carbons (Fsp3) is 0.727. The zero-order valence-electron chi connectivity index (χ0n) is 17.5. The molecule has 1 heterocycles. The number of carbonyl (C=O) groups is 1. The van der Waals surface area contributed by atoms with Gasteiger partial charge in [-0.05, 0) is 32.1 Å². The number of aromatic hydroxyl groups is 1. The van der Waals surface area contributed by atoms with Crippen molar-refractivity contribution in [1.82, 2.24) is 15.3 Å². The molecule has 6 heteroatoms. The van der Waals surface area contributed by atoms with E-state index in [9.17, 15) is 14.7 Å². The number of allylic oxidation sites excluding steroid dienone is 2. The van der Waals surface area contributed by atoms with Crippen molar-refractivity contribution >= 4 is 5.91 Å². The SMILES string of the molecule is CCCCCCCCC=CCCCCCCCCNC(=O)c1[nH]c(=O)[nH]c1O. The number of amides is 1. The Morgan fingerprint density at radius 2 is 1.39 bits per heavy atom. The molecule has 0 aromatic carbocycles. The highest BCUT2D eigenvalue weighted by molar-refractivity contribution is 5.94. The number of hydrogen-bond donors (Lipinski definition) is 4. The van der Waals surface area contributed by atoms with E-state index in [4.69, 9.17) is 0 Å². The first-order valence-corrected chi connectivity index (χ1v) is 11.1. The molecule has 0 radical (unpaired) electrons. The number of aromatic nitrogens is 2. The maximum atomic E-state index is 11.8. The van der Waals surface area contributed by atoms with Gasteiger partial charge in [-0.25, -0.2) is 4.79 Å². The van der Waals surface area contributed by atoms with Crippen LogP contribution in [0.1, 0.15) is 107 Å². The summed E-state index contributed by atoms with van der Waals surface area (Å²) in [5.74, 6) is -0.868. The fourth-order valence-corrected chi connectivity index (χ4v) is 3.20.